The Kier molecular flexibility index (Phi) is 7.75. The third-order valence-corrected chi connectivity index (χ3v) is 3.50. The Bertz CT molecular complexity index is 476. The summed E-state index contributed by atoms with van der Waals surface area (Å²) in [4.78, 5) is 11.3. The van der Waals surface area contributed by atoms with Crippen molar-refractivity contribution in [2.24, 2.45) is 5.92 Å². The Balaban J connectivity index is 2.72. The van der Waals surface area contributed by atoms with E-state index in [0.717, 1.165) is 34.4 Å². The summed E-state index contributed by atoms with van der Waals surface area (Å²) in [6, 6.07) is 4.09. The molecule has 0 aliphatic heterocycles. The monoisotopic (exact) mass is 356 g/mol. The lowest BCUT2D eigenvalue weighted by atomic mass is 10.1. The third kappa shape index (κ3) is 6.48. The molecule has 0 saturated heterocycles. The summed E-state index contributed by atoms with van der Waals surface area (Å²) in [5.74, 6) is 1.47. The largest absolute Gasteiger partial charge is 0.492 e. The zero-order valence-electron chi connectivity index (χ0n) is 13.3. The van der Waals surface area contributed by atoms with Crippen molar-refractivity contribution < 1.29 is 9.53 Å². The van der Waals surface area contributed by atoms with Crippen molar-refractivity contribution in [1.82, 2.24) is 10.6 Å². The summed E-state index contributed by atoms with van der Waals surface area (Å²) >= 11 is 3.52. The maximum atomic E-state index is 11.3. The number of rotatable bonds is 8. The van der Waals surface area contributed by atoms with Crippen LogP contribution in [-0.2, 0) is 11.3 Å². The van der Waals surface area contributed by atoms with Crippen molar-refractivity contribution in [3.05, 3.63) is 27.7 Å². The van der Waals surface area contributed by atoms with Crippen LogP contribution in [0.5, 0.6) is 5.75 Å². The molecule has 1 rings (SSSR count). The Morgan fingerprint density at radius 3 is 2.71 bits per heavy atom. The minimum atomic E-state index is -0.00996. The van der Waals surface area contributed by atoms with Gasteiger partial charge in [0.05, 0.1) is 13.0 Å². The fourth-order valence-corrected chi connectivity index (χ4v) is 2.62. The molecular weight excluding hydrogens is 332 g/mol. The predicted octanol–water partition coefficient (Wildman–Crippen LogP) is 3.02. The van der Waals surface area contributed by atoms with Crippen molar-refractivity contribution in [3.63, 3.8) is 0 Å². The molecule has 0 aliphatic carbocycles. The van der Waals surface area contributed by atoms with Gasteiger partial charge in [0.1, 0.15) is 5.75 Å². The van der Waals surface area contributed by atoms with E-state index in [1.165, 1.54) is 0 Å². The molecule has 0 unspecified atom stereocenters. The van der Waals surface area contributed by atoms with Gasteiger partial charge < -0.3 is 15.4 Å². The van der Waals surface area contributed by atoms with Gasteiger partial charge in [0, 0.05) is 23.6 Å². The van der Waals surface area contributed by atoms with Gasteiger partial charge in [-0.2, -0.15) is 0 Å². The van der Waals surface area contributed by atoms with Crippen LogP contribution in [0.25, 0.3) is 0 Å². The van der Waals surface area contributed by atoms with Crippen LogP contribution >= 0.6 is 15.9 Å². The molecule has 21 heavy (non-hydrogen) atoms. The zero-order chi connectivity index (χ0) is 15.8. The van der Waals surface area contributed by atoms with Crippen molar-refractivity contribution >= 4 is 21.8 Å². The number of carbonyl (C=O) groups is 1. The number of amides is 1. The first-order valence-electron chi connectivity index (χ1n) is 7.27. The molecule has 5 heteroatoms. The lowest BCUT2D eigenvalue weighted by Gasteiger charge is -2.16. The lowest BCUT2D eigenvalue weighted by Crippen LogP contribution is -2.21. The summed E-state index contributed by atoms with van der Waals surface area (Å²) in [7, 11) is 1.63. The van der Waals surface area contributed by atoms with Crippen molar-refractivity contribution in [3.8, 4) is 5.75 Å². The normalized spacial score (nSPS) is 10.8. The molecule has 118 valence electrons. The van der Waals surface area contributed by atoms with Crippen LogP contribution in [0.15, 0.2) is 16.6 Å². The molecule has 0 radical (unpaired) electrons. The number of ether oxygens (including phenoxy) is 1. The molecule has 0 bridgehead atoms. The summed E-state index contributed by atoms with van der Waals surface area (Å²) in [6.07, 6.45) is 0.366. The number of carbonyl (C=O) groups excluding carboxylic acids is 1. The van der Waals surface area contributed by atoms with Crippen LogP contribution in [0.4, 0.5) is 0 Å². The van der Waals surface area contributed by atoms with E-state index < -0.39 is 0 Å². The van der Waals surface area contributed by atoms with Crippen LogP contribution in [0, 0.1) is 12.8 Å². The molecule has 1 aromatic rings. The smallest absolute Gasteiger partial charge is 0.223 e. The van der Waals surface area contributed by atoms with Gasteiger partial charge in [-0.1, -0.05) is 29.8 Å². The average Bonchev–Trinajstić information content (AvgIpc) is 2.40. The molecule has 0 aliphatic rings. The minimum Gasteiger partial charge on any atom is -0.492 e. The predicted molar refractivity (Wildman–Crippen MR) is 89.6 cm³/mol. The van der Waals surface area contributed by atoms with Gasteiger partial charge in [-0.15, -0.1) is 0 Å². The van der Waals surface area contributed by atoms with Gasteiger partial charge in [0.2, 0.25) is 5.91 Å². The molecule has 0 spiro atoms. The lowest BCUT2D eigenvalue weighted by molar-refractivity contribution is -0.121. The van der Waals surface area contributed by atoms with E-state index in [0.29, 0.717) is 18.9 Å². The number of halogens is 1. The number of aryl methyl sites for hydroxylation is 1. The van der Waals surface area contributed by atoms with Crippen molar-refractivity contribution in [2.75, 3.05) is 20.2 Å². The Hall–Kier alpha value is -1.07. The van der Waals surface area contributed by atoms with Crippen LogP contribution in [0.2, 0.25) is 0 Å². The molecule has 0 saturated carbocycles. The summed E-state index contributed by atoms with van der Waals surface area (Å²) < 4.78 is 6.87. The topological polar surface area (TPSA) is 50.4 Å². The molecule has 1 aromatic carbocycles. The molecule has 0 atom stereocenters. The van der Waals surface area contributed by atoms with Gasteiger partial charge in [-0.05, 0) is 37.1 Å². The molecule has 0 aromatic heterocycles. The average molecular weight is 357 g/mol. The molecule has 0 fully saturated rings. The third-order valence-electron chi connectivity index (χ3n) is 3.04. The highest BCUT2D eigenvalue weighted by Crippen LogP contribution is 2.28. The maximum Gasteiger partial charge on any atom is 0.223 e. The minimum absolute atomic E-state index is 0.00996. The summed E-state index contributed by atoms with van der Waals surface area (Å²) in [5, 5.41) is 6.02. The second kappa shape index (κ2) is 9.05. The fourth-order valence-electron chi connectivity index (χ4n) is 2.00. The van der Waals surface area contributed by atoms with E-state index in [1.54, 1.807) is 7.05 Å². The van der Waals surface area contributed by atoms with Gasteiger partial charge in [-0.3, -0.25) is 4.79 Å². The molecule has 0 heterocycles. The second-order valence-corrected chi connectivity index (χ2v) is 6.42. The molecule has 4 nitrogen and oxygen atoms in total. The highest BCUT2D eigenvalue weighted by Gasteiger charge is 2.10. The van der Waals surface area contributed by atoms with Gasteiger partial charge in [0.25, 0.3) is 0 Å². The van der Waals surface area contributed by atoms with Crippen LogP contribution in [0.3, 0.4) is 0 Å². The highest BCUT2D eigenvalue weighted by atomic mass is 79.9. The summed E-state index contributed by atoms with van der Waals surface area (Å²) in [5.41, 5.74) is 2.18. The van der Waals surface area contributed by atoms with E-state index in [9.17, 15) is 4.79 Å². The Morgan fingerprint density at radius 2 is 2.10 bits per heavy atom. The van der Waals surface area contributed by atoms with E-state index in [2.05, 4.69) is 46.5 Å². The van der Waals surface area contributed by atoms with E-state index >= 15 is 0 Å². The van der Waals surface area contributed by atoms with Crippen molar-refractivity contribution in [1.29, 1.82) is 0 Å². The zero-order valence-corrected chi connectivity index (χ0v) is 14.8. The van der Waals surface area contributed by atoms with E-state index in [4.69, 9.17) is 4.74 Å². The van der Waals surface area contributed by atoms with Gasteiger partial charge in [-0.25, -0.2) is 0 Å². The number of benzene rings is 1. The van der Waals surface area contributed by atoms with Gasteiger partial charge in [0.15, 0.2) is 0 Å². The SMILES string of the molecule is CNC(=O)CCOc1c(C)cc(Br)cc1CNCC(C)C. The summed E-state index contributed by atoms with van der Waals surface area (Å²) in [6.45, 7) is 8.49. The quantitative estimate of drug-likeness (QED) is 0.752. The Labute approximate surface area is 135 Å². The number of nitrogens with one attached hydrogen (secondary N) is 2. The van der Waals surface area contributed by atoms with E-state index in [1.807, 2.05) is 13.0 Å². The van der Waals surface area contributed by atoms with Crippen LogP contribution in [-0.4, -0.2) is 26.1 Å². The molecule has 1 amide bonds. The first-order chi connectivity index (χ1) is 9.93. The molecule has 2 N–H and O–H groups in total. The molecular formula is C16H25BrN2O2. The number of hydrogen-bond donors (Lipinski definition) is 2. The van der Waals surface area contributed by atoms with Crippen LogP contribution in [0.1, 0.15) is 31.4 Å². The Morgan fingerprint density at radius 1 is 1.38 bits per heavy atom. The number of hydrogen-bond acceptors (Lipinski definition) is 3. The fraction of sp³-hybridized carbons (Fsp3) is 0.562. The van der Waals surface area contributed by atoms with Crippen LogP contribution < -0.4 is 15.4 Å². The van der Waals surface area contributed by atoms with Gasteiger partial charge >= 0.3 is 0 Å². The van der Waals surface area contributed by atoms with Crippen molar-refractivity contribution in [2.45, 2.75) is 33.7 Å². The maximum absolute atomic E-state index is 11.3. The first-order valence-corrected chi connectivity index (χ1v) is 8.06. The highest BCUT2D eigenvalue weighted by molar-refractivity contribution is 9.10. The second-order valence-electron chi connectivity index (χ2n) is 5.51. The first kappa shape index (κ1) is 18.0. The van der Waals surface area contributed by atoms with E-state index in [-0.39, 0.29) is 5.91 Å². The standard InChI is InChI=1S/C16H25BrN2O2/c1-11(2)9-19-10-13-8-14(17)7-12(3)16(13)21-6-5-15(20)18-4/h7-8,11,19H,5-6,9-10H2,1-4H3,(H,18,20).